The Morgan fingerprint density at radius 2 is 2.06 bits per heavy atom. The van der Waals surface area contributed by atoms with E-state index in [9.17, 15) is 14.7 Å². The average molecular weight is 538 g/mol. The van der Waals surface area contributed by atoms with Crippen molar-refractivity contribution in [3.63, 3.8) is 0 Å². The van der Waals surface area contributed by atoms with E-state index in [1.807, 2.05) is 0 Å². The van der Waals surface area contributed by atoms with Gasteiger partial charge in [-0.2, -0.15) is 4.39 Å². The Labute approximate surface area is 217 Å². The Hall–Kier alpha value is -2.24. The van der Waals surface area contributed by atoms with Crippen LogP contribution in [0.3, 0.4) is 0 Å². The summed E-state index contributed by atoms with van der Waals surface area (Å²) in [5, 5.41) is 10.3. The number of pyridine rings is 1. The third kappa shape index (κ3) is 6.00. The molecular formula is C25H36FN3O5SSi. The van der Waals surface area contributed by atoms with Crippen LogP contribution in [-0.4, -0.2) is 64.0 Å². The van der Waals surface area contributed by atoms with E-state index in [4.69, 9.17) is 14.5 Å². The van der Waals surface area contributed by atoms with Crippen LogP contribution < -0.4 is 0 Å². The molecule has 198 valence electrons. The van der Waals surface area contributed by atoms with E-state index in [0.717, 1.165) is 17.8 Å². The highest BCUT2D eigenvalue weighted by atomic mass is 32.2. The van der Waals surface area contributed by atoms with Crippen LogP contribution in [0, 0.1) is 11.9 Å². The van der Waals surface area contributed by atoms with E-state index in [0.29, 0.717) is 12.2 Å². The fraction of sp³-hybridized carbons (Fsp3) is 0.600. The first-order valence-electron chi connectivity index (χ1n) is 11.9. The summed E-state index contributed by atoms with van der Waals surface area (Å²) in [6, 6.07) is 2.47. The molecule has 1 aliphatic carbocycles. The number of carbonyl (C=O) groups is 2. The van der Waals surface area contributed by atoms with Crippen molar-refractivity contribution in [2.45, 2.75) is 75.7 Å². The molecule has 3 unspecified atom stereocenters. The average Bonchev–Trinajstić information content (AvgIpc) is 3.49. The van der Waals surface area contributed by atoms with Gasteiger partial charge in [-0.1, -0.05) is 44.1 Å². The number of aromatic nitrogens is 1. The molecule has 3 rings (SSSR count). The number of hydrogen-bond acceptors (Lipinski definition) is 7. The highest BCUT2D eigenvalue weighted by molar-refractivity contribution is 8.15. The number of nitrogens with zero attached hydrogens (tertiary/aromatic N) is 3. The van der Waals surface area contributed by atoms with E-state index in [1.165, 1.54) is 17.2 Å². The first-order valence-corrected chi connectivity index (χ1v) is 16.4. The summed E-state index contributed by atoms with van der Waals surface area (Å²) in [5.41, 5.74) is -1.32. The topological polar surface area (TPSA) is 101 Å². The van der Waals surface area contributed by atoms with Crippen molar-refractivity contribution in [2.75, 3.05) is 13.3 Å². The van der Waals surface area contributed by atoms with E-state index in [-0.39, 0.29) is 23.9 Å². The van der Waals surface area contributed by atoms with Crippen LogP contribution in [0.5, 0.6) is 0 Å². The number of amidine groups is 1. The number of fused-ring (bicyclic) bond motifs is 1. The molecule has 0 aromatic carbocycles. The molecule has 0 bridgehead atoms. The first kappa shape index (κ1) is 28.3. The second kappa shape index (κ2) is 9.90. The van der Waals surface area contributed by atoms with Gasteiger partial charge in [0.1, 0.15) is 17.1 Å². The van der Waals surface area contributed by atoms with Crippen molar-refractivity contribution in [1.82, 2.24) is 9.88 Å². The van der Waals surface area contributed by atoms with Crippen molar-refractivity contribution >= 4 is 43.1 Å². The summed E-state index contributed by atoms with van der Waals surface area (Å²) in [6.45, 7) is 17.6. The molecule has 1 aromatic heterocycles. The molecule has 0 saturated heterocycles. The molecular weight excluding hydrogens is 501 g/mol. The van der Waals surface area contributed by atoms with Gasteiger partial charge in [-0.15, -0.1) is 0 Å². The van der Waals surface area contributed by atoms with Crippen LogP contribution in [0.25, 0.3) is 6.08 Å². The Balaban J connectivity index is 2.05. The molecule has 2 aliphatic rings. The number of halogens is 1. The molecule has 0 spiro atoms. The summed E-state index contributed by atoms with van der Waals surface area (Å²) in [4.78, 5) is 35.5. The second-order valence-electron chi connectivity index (χ2n) is 11.7. The lowest BCUT2D eigenvalue weighted by molar-refractivity contribution is -0.137. The van der Waals surface area contributed by atoms with Crippen molar-refractivity contribution in [3.8, 4) is 0 Å². The summed E-state index contributed by atoms with van der Waals surface area (Å²) in [6.07, 6.45) is 2.46. The first-order chi connectivity index (χ1) is 16.5. The molecule has 3 atom stereocenters. The fourth-order valence-corrected chi connectivity index (χ4v) is 6.35. The Morgan fingerprint density at radius 3 is 2.61 bits per heavy atom. The maximum atomic E-state index is 15.0. The second-order valence-corrected chi connectivity index (χ2v) is 18.6. The maximum absolute atomic E-state index is 15.0. The van der Waals surface area contributed by atoms with E-state index < -0.39 is 47.9 Å². The SMILES string of the molecule is C=Cc1cnc(F)c(C2(C)N=C(N(COCC[Si](C)(C)C)C(=O)OC(C)(C)C)SC3(C(=O)O)CC32)c1. The van der Waals surface area contributed by atoms with Crippen LogP contribution in [0.4, 0.5) is 9.18 Å². The van der Waals surface area contributed by atoms with E-state index in [2.05, 4.69) is 31.2 Å². The monoisotopic (exact) mass is 537 g/mol. The summed E-state index contributed by atoms with van der Waals surface area (Å²) in [7, 11) is -1.38. The normalized spacial score (nSPS) is 25.4. The van der Waals surface area contributed by atoms with Gasteiger partial charge in [-0.25, -0.2) is 14.7 Å². The number of thioether (sulfide) groups is 1. The van der Waals surface area contributed by atoms with Crippen LogP contribution in [0.15, 0.2) is 23.8 Å². The van der Waals surface area contributed by atoms with Gasteiger partial charge >= 0.3 is 12.1 Å². The number of carboxylic acids is 1. The number of aliphatic carboxylic acids is 1. The van der Waals surface area contributed by atoms with Gasteiger partial charge in [0, 0.05) is 32.4 Å². The number of aliphatic imine (C=N–C) groups is 1. The van der Waals surface area contributed by atoms with Crippen molar-refractivity contribution in [3.05, 3.63) is 35.9 Å². The van der Waals surface area contributed by atoms with Crippen LogP contribution in [0.1, 0.15) is 45.2 Å². The Kier molecular flexibility index (Phi) is 7.79. The number of ether oxygens (including phenoxy) is 2. The summed E-state index contributed by atoms with van der Waals surface area (Å²) >= 11 is 0.996. The lowest BCUT2D eigenvalue weighted by atomic mass is 9.86. The number of rotatable bonds is 8. The third-order valence-corrected chi connectivity index (χ3v) is 9.44. The Bertz CT molecular complexity index is 1090. The fourth-order valence-electron chi connectivity index (χ4n) is 4.08. The van der Waals surface area contributed by atoms with Crippen molar-refractivity contribution in [2.24, 2.45) is 10.9 Å². The molecule has 1 amide bonds. The minimum absolute atomic E-state index is 0.124. The molecule has 1 fully saturated rings. The number of amides is 1. The van der Waals surface area contributed by atoms with Gasteiger partial charge in [-0.05, 0) is 51.8 Å². The summed E-state index contributed by atoms with van der Waals surface area (Å²) < 4.78 is 25.2. The van der Waals surface area contributed by atoms with Crippen molar-refractivity contribution < 1.29 is 28.6 Å². The number of hydrogen-bond donors (Lipinski definition) is 1. The molecule has 1 N–H and O–H groups in total. The Morgan fingerprint density at radius 1 is 1.39 bits per heavy atom. The van der Waals surface area contributed by atoms with Gasteiger partial charge in [-0.3, -0.25) is 9.79 Å². The minimum atomic E-state index is -1.38. The van der Waals surface area contributed by atoms with Gasteiger partial charge in [0.2, 0.25) is 5.95 Å². The van der Waals surface area contributed by atoms with E-state index >= 15 is 4.39 Å². The molecule has 1 saturated carbocycles. The van der Waals surface area contributed by atoms with E-state index in [1.54, 1.807) is 33.8 Å². The molecule has 11 heteroatoms. The molecule has 1 aromatic rings. The third-order valence-electron chi connectivity index (χ3n) is 6.25. The summed E-state index contributed by atoms with van der Waals surface area (Å²) in [5.74, 6) is -2.26. The zero-order valence-corrected chi connectivity index (χ0v) is 23.9. The highest BCUT2D eigenvalue weighted by Crippen LogP contribution is 2.66. The van der Waals surface area contributed by atoms with Crippen molar-refractivity contribution in [1.29, 1.82) is 0 Å². The van der Waals surface area contributed by atoms with Gasteiger partial charge < -0.3 is 14.6 Å². The highest BCUT2D eigenvalue weighted by Gasteiger charge is 2.72. The minimum Gasteiger partial charge on any atom is -0.480 e. The predicted molar refractivity (Wildman–Crippen MR) is 142 cm³/mol. The molecule has 8 nitrogen and oxygen atoms in total. The lowest BCUT2D eigenvalue weighted by Gasteiger charge is -2.37. The lowest BCUT2D eigenvalue weighted by Crippen LogP contribution is -2.47. The molecule has 36 heavy (non-hydrogen) atoms. The molecule has 1 aliphatic heterocycles. The maximum Gasteiger partial charge on any atom is 0.418 e. The number of carbonyl (C=O) groups excluding carboxylic acids is 1. The smallest absolute Gasteiger partial charge is 0.418 e. The zero-order chi connectivity index (χ0) is 27.1. The van der Waals surface area contributed by atoms with Crippen LogP contribution in [0.2, 0.25) is 25.7 Å². The number of carboxylic acid groups (broad SMARTS) is 1. The van der Waals surface area contributed by atoms with Gasteiger partial charge in [0.25, 0.3) is 0 Å². The quantitative estimate of drug-likeness (QED) is 0.200. The van der Waals surface area contributed by atoms with Crippen LogP contribution in [-0.2, 0) is 19.8 Å². The zero-order valence-electron chi connectivity index (χ0n) is 22.1. The molecule has 0 radical (unpaired) electrons. The largest absolute Gasteiger partial charge is 0.480 e. The standard InChI is InChI=1S/C25H36FN3O5SSi/c1-9-16-12-17(19(26)27-14-16)24(5)18-13-25(18,20(30)31)35-21(28-24)29(22(32)34-23(2,3)4)15-33-10-11-36(6,7)8/h9,12,14,18H,1,10-11,13,15H2,2-8H3,(H,30,31). The van der Waals surface area contributed by atoms with Crippen LogP contribution >= 0.6 is 11.8 Å². The molecule has 2 heterocycles. The van der Waals surface area contributed by atoms with Gasteiger partial charge in [0.05, 0.1) is 5.54 Å². The van der Waals surface area contributed by atoms with Gasteiger partial charge in [0.15, 0.2) is 5.17 Å². The predicted octanol–water partition coefficient (Wildman–Crippen LogP) is 5.57.